The SMILES string of the molecule is CC(C)[Si]1(C(C)C)OC[C@H]2O[C@@H](n3ccc(=O)[nH]c3=O)[C@]3(OC3CO)[C@@H]2O[Si](C(C)C)(C(C)C)O1. The van der Waals surface area contributed by atoms with E-state index in [-0.39, 0.29) is 35.4 Å². The minimum absolute atomic E-state index is 0.104. The Morgan fingerprint density at radius 2 is 1.66 bits per heavy atom. The number of aromatic amines is 1. The van der Waals surface area contributed by atoms with Crippen LogP contribution in [0.5, 0.6) is 0 Å². The highest BCUT2D eigenvalue weighted by molar-refractivity contribution is 6.84. The molecule has 3 fully saturated rings. The van der Waals surface area contributed by atoms with Crippen LogP contribution in [0.15, 0.2) is 21.9 Å². The number of hydrogen-bond donors (Lipinski definition) is 2. The van der Waals surface area contributed by atoms with E-state index in [1.807, 2.05) is 0 Å². The highest BCUT2D eigenvalue weighted by atomic mass is 28.5. The molecule has 2 N–H and O–H groups in total. The number of rotatable bonds is 6. The second-order valence-electron chi connectivity index (χ2n) is 11.2. The van der Waals surface area contributed by atoms with Gasteiger partial charge in [0.25, 0.3) is 5.56 Å². The van der Waals surface area contributed by atoms with Crippen molar-refractivity contribution in [2.24, 2.45) is 0 Å². The molecule has 1 spiro atoms. The molecule has 3 saturated heterocycles. The van der Waals surface area contributed by atoms with E-state index in [4.69, 9.17) is 22.4 Å². The minimum atomic E-state index is -2.96. The molecule has 3 aliphatic rings. The predicted molar refractivity (Wildman–Crippen MR) is 134 cm³/mol. The van der Waals surface area contributed by atoms with Crippen molar-refractivity contribution in [2.45, 2.75) is 108 Å². The van der Waals surface area contributed by atoms with Crippen LogP contribution in [0.3, 0.4) is 0 Å². The lowest BCUT2D eigenvalue weighted by Gasteiger charge is -2.51. The number of fused-ring (bicyclic) bond motifs is 2. The van der Waals surface area contributed by atoms with Crippen LogP contribution in [-0.4, -0.2) is 68.9 Å². The predicted octanol–water partition coefficient (Wildman–Crippen LogP) is 2.52. The van der Waals surface area contributed by atoms with E-state index in [0.717, 1.165) is 0 Å². The molecule has 0 aromatic carbocycles. The van der Waals surface area contributed by atoms with Crippen LogP contribution in [0, 0.1) is 0 Å². The highest BCUT2D eigenvalue weighted by Gasteiger charge is 2.76. The largest absolute Gasteiger partial charge is 0.414 e. The van der Waals surface area contributed by atoms with Gasteiger partial charge in [0, 0.05) is 12.3 Å². The summed E-state index contributed by atoms with van der Waals surface area (Å²) in [5, 5.41) is 10.1. The lowest BCUT2D eigenvalue weighted by atomic mass is 9.95. The second kappa shape index (κ2) is 9.32. The number of nitrogens with zero attached hydrogens (tertiary/aromatic N) is 1. The number of epoxide rings is 1. The van der Waals surface area contributed by atoms with Gasteiger partial charge >= 0.3 is 22.8 Å². The summed E-state index contributed by atoms with van der Waals surface area (Å²) in [6, 6.07) is 1.27. The average Bonchev–Trinajstić information content (AvgIpc) is 3.41. The van der Waals surface area contributed by atoms with Gasteiger partial charge in [-0.2, -0.15) is 0 Å². The maximum absolute atomic E-state index is 12.7. The van der Waals surface area contributed by atoms with Crippen LogP contribution >= 0.6 is 0 Å². The molecule has 0 saturated carbocycles. The fourth-order valence-corrected chi connectivity index (χ4v) is 17.2. The zero-order valence-electron chi connectivity index (χ0n) is 21.9. The highest BCUT2D eigenvalue weighted by Crippen LogP contribution is 2.58. The Morgan fingerprint density at radius 1 is 1.06 bits per heavy atom. The average molecular weight is 529 g/mol. The summed E-state index contributed by atoms with van der Waals surface area (Å²) >= 11 is 0. The van der Waals surface area contributed by atoms with Gasteiger partial charge in [-0.15, -0.1) is 0 Å². The maximum Gasteiger partial charge on any atom is 0.335 e. The smallest absolute Gasteiger partial charge is 0.335 e. The van der Waals surface area contributed by atoms with E-state index >= 15 is 0 Å². The zero-order chi connectivity index (χ0) is 25.9. The molecular weight excluding hydrogens is 488 g/mol. The van der Waals surface area contributed by atoms with Crippen molar-refractivity contribution in [2.75, 3.05) is 13.2 Å². The minimum Gasteiger partial charge on any atom is -0.414 e. The summed E-state index contributed by atoms with van der Waals surface area (Å²) in [5.74, 6) is 0. The van der Waals surface area contributed by atoms with Gasteiger partial charge in [0.1, 0.15) is 18.3 Å². The summed E-state index contributed by atoms with van der Waals surface area (Å²) < 4.78 is 35.0. The Hall–Kier alpha value is -1.13. The summed E-state index contributed by atoms with van der Waals surface area (Å²) in [7, 11) is -5.72. The molecular formula is C23H40N2O8Si2. The summed E-state index contributed by atoms with van der Waals surface area (Å²) in [6.07, 6.45) is -1.21. The monoisotopic (exact) mass is 528 g/mol. The van der Waals surface area contributed by atoms with Crippen molar-refractivity contribution >= 4 is 17.1 Å². The first-order valence-corrected chi connectivity index (χ1v) is 16.6. The molecule has 5 atom stereocenters. The molecule has 12 heteroatoms. The van der Waals surface area contributed by atoms with E-state index in [1.54, 1.807) is 0 Å². The molecule has 10 nitrogen and oxygen atoms in total. The van der Waals surface area contributed by atoms with Gasteiger partial charge in [0.05, 0.1) is 13.2 Å². The molecule has 1 aromatic heterocycles. The van der Waals surface area contributed by atoms with Gasteiger partial charge in [-0.25, -0.2) is 4.79 Å². The van der Waals surface area contributed by atoms with Crippen molar-refractivity contribution in [1.29, 1.82) is 0 Å². The Labute approximate surface area is 208 Å². The molecule has 0 radical (unpaired) electrons. The molecule has 1 unspecified atom stereocenters. The Kier molecular flexibility index (Phi) is 7.17. The van der Waals surface area contributed by atoms with E-state index < -0.39 is 58.5 Å². The Balaban J connectivity index is 1.86. The number of aliphatic hydroxyl groups is 1. The first-order valence-electron chi connectivity index (χ1n) is 12.6. The van der Waals surface area contributed by atoms with Gasteiger partial charge in [-0.1, -0.05) is 55.4 Å². The van der Waals surface area contributed by atoms with Crippen LogP contribution in [-0.2, 0) is 22.4 Å². The van der Waals surface area contributed by atoms with Crippen molar-refractivity contribution in [3.05, 3.63) is 33.1 Å². The lowest BCUT2D eigenvalue weighted by molar-refractivity contribution is -0.0579. The van der Waals surface area contributed by atoms with Crippen LogP contribution in [0.2, 0.25) is 22.2 Å². The molecule has 35 heavy (non-hydrogen) atoms. The molecule has 198 valence electrons. The quantitative estimate of drug-likeness (QED) is 0.426. The zero-order valence-corrected chi connectivity index (χ0v) is 23.9. The lowest BCUT2D eigenvalue weighted by Crippen LogP contribution is -2.66. The fourth-order valence-electron chi connectivity index (χ4n) is 5.95. The summed E-state index contributed by atoms with van der Waals surface area (Å²) in [6.45, 7) is 17.1. The molecule has 0 aliphatic carbocycles. The standard InChI is InChI=1S/C23H40N2O8Si2/c1-13(2)34(14(3)4)29-12-17-20(32-35(33-34,15(5)6)16(7)8)23(18(11-26)31-23)21(30-17)25-10-9-19(27)24-22(25)28/h9-10,13-18,20-21,26H,11-12H2,1-8H3,(H,24,27,28)/t17-,18?,20-,21-,23-/m1/s1. The molecule has 4 rings (SSSR count). The molecule has 4 heterocycles. The topological polar surface area (TPSA) is 125 Å². The van der Waals surface area contributed by atoms with Crippen molar-refractivity contribution in [3.63, 3.8) is 0 Å². The second-order valence-corrected chi connectivity index (χ2v) is 20.0. The maximum atomic E-state index is 12.7. The number of aliphatic hydroxyl groups excluding tert-OH is 1. The third-order valence-electron chi connectivity index (χ3n) is 7.86. The van der Waals surface area contributed by atoms with Gasteiger partial charge in [-0.05, 0) is 22.2 Å². The normalized spacial score (nSPS) is 34.0. The fraction of sp³-hybridized carbons (Fsp3) is 0.826. The summed E-state index contributed by atoms with van der Waals surface area (Å²) in [4.78, 5) is 26.7. The van der Waals surface area contributed by atoms with Crippen molar-refractivity contribution in [1.82, 2.24) is 9.55 Å². The summed E-state index contributed by atoms with van der Waals surface area (Å²) in [5.41, 5.74) is -1.62. The van der Waals surface area contributed by atoms with Crippen LogP contribution in [0.1, 0.15) is 61.6 Å². The van der Waals surface area contributed by atoms with E-state index in [0.29, 0.717) is 0 Å². The van der Waals surface area contributed by atoms with Gasteiger partial charge in [0.15, 0.2) is 11.8 Å². The Bertz CT molecular complexity index is 1020. The van der Waals surface area contributed by atoms with Gasteiger partial charge in [-0.3, -0.25) is 14.3 Å². The van der Waals surface area contributed by atoms with Gasteiger partial charge < -0.3 is 27.5 Å². The van der Waals surface area contributed by atoms with E-state index in [1.165, 1.54) is 16.8 Å². The number of ether oxygens (including phenoxy) is 2. The first kappa shape index (κ1) is 26.9. The van der Waals surface area contributed by atoms with Crippen LogP contribution < -0.4 is 11.2 Å². The number of aromatic nitrogens is 2. The van der Waals surface area contributed by atoms with E-state index in [9.17, 15) is 14.7 Å². The van der Waals surface area contributed by atoms with Crippen LogP contribution in [0.25, 0.3) is 0 Å². The van der Waals surface area contributed by atoms with Gasteiger partial charge in [0.2, 0.25) is 0 Å². The van der Waals surface area contributed by atoms with Crippen LogP contribution in [0.4, 0.5) is 0 Å². The van der Waals surface area contributed by atoms with Crippen molar-refractivity contribution in [3.8, 4) is 0 Å². The first-order chi connectivity index (χ1) is 16.4. The third kappa shape index (κ3) is 4.06. The number of hydrogen-bond acceptors (Lipinski definition) is 8. The number of nitrogens with one attached hydrogen (secondary N) is 1. The Morgan fingerprint density at radius 3 is 2.14 bits per heavy atom. The molecule has 0 amide bonds. The molecule has 0 bridgehead atoms. The number of H-pyrrole nitrogens is 1. The third-order valence-corrected chi connectivity index (χ3v) is 18.1. The van der Waals surface area contributed by atoms with Crippen molar-refractivity contribution < 1.29 is 27.5 Å². The molecule has 1 aromatic rings. The molecule has 3 aliphatic heterocycles. The van der Waals surface area contributed by atoms with E-state index in [2.05, 4.69) is 60.4 Å².